The Morgan fingerprint density at radius 3 is 2.20 bits per heavy atom. The lowest BCUT2D eigenvalue weighted by molar-refractivity contribution is -0.137. The van der Waals surface area contributed by atoms with Gasteiger partial charge in [-0.25, -0.2) is 0 Å². The number of benzene rings is 2. The molecule has 3 nitrogen and oxygen atoms in total. The van der Waals surface area contributed by atoms with Crippen molar-refractivity contribution in [1.29, 1.82) is 0 Å². The molecule has 2 aromatic carbocycles. The van der Waals surface area contributed by atoms with Crippen LogP contribution in [0.15, 0.2) is 54.6 Å². The van der Waals surface area contributed by atoms with Crippen LogP contribution in [0.2, 0.25) is 0 Å². The van der Waals surface area contributed by atoms with Crippen LogP contribution in [0, 0.1) is 6.92 Å². The van der Waals surface area contributed by atoms with Gasteiger partial charge in [-0.1, -0.05) is 55.8 Å². The molecule has 3 rings (SSSR count). The maximum absolute atomic E-state index is 13.0. The number of hydrogen-bond donors (Lipinski definition) is 1. The molecule has 158 valence electrons. The van der Waals surface area contributed by atoms with Crippen molar-refractivity contribution in [3.63, 3.8) is 0 Å². The lowest BCUT2D eigenvalue weighted by Crippen LogP contribution is -2.13. The van der Waals surface area contributed by atoms with Crippen LogP contribution in [0.3, 0.4) is 0 Å². The number of nitrogens with zero attached hydrogens (tertiary/aromatic N) is 1. The molecule has 2 N–H and O–H groups in total. The second kappa shape index (κ2) is 8.78. The average Bonchev–Trinajstić information content (AvgIpc) is 2.98. The average molecular weight is 414 g/mol. The Bertz CT molecular complexity index is 1020. The minimum absolute atomic E-state index is 0.372. The Labute approximate surface area is 174 Å². The first kappa shape index (κ1) is 21.7. The highest BCUT2D eigenvalue weighted by Crippen LogP contribution is 2.36. The predicted molar refractivity (Wildman–Crippen MR) is 112 cm³/mol. The van der Waals surface area contributed by atoms with Crippen LogP contribution in [-0.2, 0) is 19.1 Å². The summed E-state index contributed by atoms with van der Waals surface area (Å²) < 4.78 is 41.1. The number of primary amides is 1. The molecule has 3 aromatic rings. The number of amides is 1. The summed E-state index contributed by atoms with van der Waals surface area (Å²) in [7, 11) is 0. The molecule has 1 amide bonds. The summed E-state index contributed by atoms with van der Waals surface area (Å²) in [6.45, 7) is 4.48. The van der Waals surface area contributed by atoms with E-state index in [4.69, 9.17) is 5.73 Å². The first-order chi connectivity index (χ1) is 14.2. The Hall–Kier alpha value is -3.02. The van der Waals surface area contributed by atoms with Crippen LogP contribution in [0.25, 0.3) is 11.1 Å². The third-order valence-electron chi connectivity index (χ3n) is 5.33. The van der Waals surface area contributed by atoms with Crippen molar-refractivity contribution in [2.75, 3.05) is 0 Å². The van der Waals surface area contributed by atoms with E-state index >= 15 is 0 Å². The monoisotopic (exact) mass is 414 g/mol. The largest absolute Gasteiger partial charge is 0.416 e. The highest BCUT2D eigenvalue weighted by molar-refractivity contribution is 6.02. The predicted octanol–water partition coefficient (Wildman–Crippen LogP) is 5.97. The molecule has 0 aliphatic rings. The quantitative estimate of drug-likeness (QED) is 0.509. The fraction of sp³-hybridized carbons (Fsp3) is 0.292. The molecule has 1 aromatic heterocycles. The molecule has 0 fully saturated rings. The van der Waals surface area contributed by atoms with Gasteiger partial charge >= 0.3 is 6.18 Å². The van der Waals surface area contributed by atoms with E-state index in [9.17, 15) is 18.0 Å². The Morgan fingerprint density at radius 1 is 1.03 bits per heavy atom. The molecule has 0 atom stereocenters. The van der Waals surface area contributed by atoms with Gasteiger partial charge in [-0.3, -0.25) is 4.79 Å². The molecule has 0 saturated carbocycles. The van der Waals surface area contributed by atoms with Gasteiger partial charge in [0.15, 0.2) is 0 Å². The summed E-state index contributed by atoms with van der Waals surface area (Å²) >= 11 is 0. The number of hydrogen-bond acceptors (Lipinski definition) is 1. The van der Waals surface area contributed by atoms with Crippen molar-refractivity contribution in [3.8, 4) is 11.1 Å². The van der Waals surface area contributed by atoms with Crippen LogP contribution in [0.1, 0.15) is 52.6 Å². The lowest BCUT2D eigenvalue weighted by Gasteiger charge is -2.14. The maximum atomic E-state index is 13.0. The summed E-state index contributed by atoms with van der Waals surface area (Å²) in [5, 5.41) is 0. The number of aromatic nitrogens is 1. The first-order valence-corrected chi connectivity index (χ1v) is 9.97. The van der Waals surface area contributed by atoms with Gasteiger partial charge in [-0.05, 0) is 43.0 Å². The number of carbonyl (C=O) groups excluding carboxylic acids is 1. The van der Waals surface area contributed by atoms with Gasteiger partial charge < -0.3 is 10.3 Å². The molecule has 30 heavy (non-hydrogen) atoms. The minimum atomic E-state index is -4.41. The van der Waals surface area contributed by atoms with E-state index < -0.39 is 17.6 Å². The second-order valence-corrected chi connectivity index (χ2v) is 7.40. The highest BCUT2D eigenvalue weighted by Gasteiger charge is 2.31. The van der Waals surface area contributed by atoms with Gasteiger partial charge in [0.05, 0.1) is 11.1 Å². The summed E-state index contributed by atoms with van der Waals surface area (Å²) in [5.74, 6) is -0.577. The first-order valence-electron chi connectivity index (χ1n) is 9.97. The molecular formula is C24H25F3N2O. The number of carbonyl (C=O) groups is 1. The van der Waals surface area contributed by atoms with Crippen molar-refractivity contribution in [2.45, 2.75) is 45.8 Å². The van der Waals surface area contributed by atoms with Crippen LogP contribution in [0.4, 0.5) is 13.2 Å². The van der Waals surface area contributed by atoms with Gasteiger partial charge in [0.1, 0.15) is 0 Å². The maximum Gasteiger partial charge on any atom is 0.416 e. The van der Waals surface area contributed by atoms with Gasteiger partial charge in [-0.2, -0.15) is 13.2 Å². The molecule has 0 aliphatic carbocycles. The van der Waals surface area contributed by atoms with E-state index in [0.717, 1.165) is 41.9 Å². The van der Waals surface area contributed by atoms with Crippen molar-refractivity contribution in [2.24, 2.45) is 5.73 Å². The zero-order valence-electron chi connectivity index (χ0n) is 17.1. The zero-order chi connectivity index (χ0) is 21.9. The molecule has 1 heterocycles. The van der Waals surface area contributed by atoms with E-state index in [1.807, 2.05) is 37.3 Å². The van der Waals surface area contributed by atoms with Gasteiger partial charge in [-0.15, -0.1) is 0 Å². The van der Waals surface area contributed by atoms with Crippen molar-refractivity contribution in [1.82, 2.24) is 4.57 Å². The van der Waals surface area contributed by atoms with Crippen molar-refractivity contribution in [3.05, 3.63) is 82.7 Å². The number of alkyl halides is 3. The third kappa shape index (κ3) is 4.42. The Balaban J connectivity index is 2.19. The molecule has 0 spiro atoms. The highest BCUT2D eigenvalue weighted by atomic mass is 19.4. The van der Waals surface area contributed by atoms with E-state index in [0.29, 0.717) is 29.7 Å². The standard InChI is InChI=1S/C24H25F3N2O/c1-3-4-10-20-22(18-11-13-19(14-12-18)24(25,26)27)21(23(28)30)16(2)29(20)15-17-8-6-5-7-9-17/h5-9,11-14H,3-4,10,15H2,1-2H3,(H2,28,30). The summed E-state index contributed by atoms with van der Waals surface area (Å²) in [4.78, 5) is 12.4. The summed E-state index contributed by atoms with van der Waals surface area (Å²) in [6, 6.07) is 14.8. The fourth-order valence-corrected chi connectivity index (χ4v) is 3.82. The molecule has 0 bridgehead atoms. The summed E-state index contributed by atoms with van der Waals surface area (Å²) in [5.41, 5.74) is 9.31. The van der Waals surface area contributed by atoms with E-state index in [1.165, 1.54) is 12.1 Å². The van der Waals surface area contributed by atoms with Gasteiger partial charge in [0.2, 0.25) is 0 Å². The smallest absolute Gasteiger partial charge is 0.366 e. The van der Waals surface area contributed by atoms with Gasteiger partial charge in [0, 0.05) is 23.5 Å². The molecule has 0 unspecified atom stereocenters. The number of nitrogens with two attached hydrogens (primary N) is 1. The van der Waals surface area contributed by atoms with Crippen LogP contribution < -0.4 is 5.73 Å². The van der Waals surface area contributed by atoms with Crippen molar-refractivity contribution >= 4 is 5.91 Å². The van der Waals surface area contributed by atoms with Gasteiger partial charge in [0.25, 0.3) is 5.91 Å². The second-order valence-electron chi connectivity index (χ2n) is 7.40. The van der Waals surface area contributed by atoms with Crippen molar-refractivity contribution < 1.29 is 18.0 Å². The van der Waals surface area contributed by atoms with Crippen LogP contribution in [0.5, 0.6) is 0 Å². The van der Waals surface area contributed by atoms with E-state index in [1.54, 1.807) is 0 Å². The third-order valence-corrected chi connectivity index (χ3v) is 5.33. The molecule has 0 aliphatic heterocycles. The fourth-order valence-electron chi connectivity index (χ4n) is 3.82. The van der Waals surface area contributed by atoms with Crippen LogP contribution >= 0.6 is 0 Å². The Kier molecular flexibility index (Phi) is 6.34. The number of halogens is 3. The van der Waals surface area contributed by atoms with Crippen LogP contribution in [-0.4, -0.2) is 10.5 Å². The molecule has 6 heteroatoms. The number of rotatable bonds is 7. The summed E-state index contributed by atoms with van der Waals surface area (Å²) in [6.07, 6.45) is -1.86. The zero-order valence-corrected chi connectivity index (χ0v) is 17.1. The molecule has 0 radical (unpaired) electrons. The van der Waals surface area contributed by atoms with E-state index in [2.05, 4.69) is 11.5 Å². The molecule has 0 saturated heterocycles. The van der Waals surface area contributed by atoms with E-state index in [-0.39, 0.29) is 0 Å². The minimum Gasteiger partial charge on any atom is -0.366 e. The molecular weight excluding hydrogens is 389 g/mol. The Morgan fingerprint density at radius 2 is 1.67 bits per heavy atom. The lowest BCUT2D eigenvalue weighted by atomic mass is 9.96. The topological polar surface area (TPSA) is 48.0 Å². The SMILES string of the molecule is CCCCc1c(-c2ccc(C(F)(F)F)cc2)c(C(N)=O)c(C)n1Cc1ccccc1. The number of unbranched alkanes of at least 4 members (excludes halogenated alkanes) is 1. The normalized spacial score (nSPS) is 11.6.